The second-order valence-electron chi connectivity index (χ2n) is 15.6. The summed E-state index contributed by atoms with van der Waals surface area (Å²) >= 11 is 0. The minimum absolute atomic E-state index is 0.0236. The SMILES string of the molecule is C=CCNC(=O)C(=O)C(CCC)NC(=O)[C@@H]1[C@@H](C(C)C)CCN1C(=O)[C@@H](NC(=O)N[C@H](C(=O)OC(C)(C)C)C(C)(C)C)C(C)(C)C. The van der Waals surface area contributed by atoms with Crippen LogP contribution in [0.25, 0.3) is 0 Å². The molecule has 0 aromatic heterocycles. The van der Waals surface area contributed by atoms with Crippen molar-refractivity contribution in [3.05, 3.63) is 12.7 Å². The van der Waals surface area contributed by atoms with Crippen molar-refractivity contribution in [2.24, 2.45) is 22.7 Å². The van der Waals surface area contributed by atoms with Crippen molar-refractivity contribution in [3.8, 4) is 0 Å². The average Bonchev–Trinajstić information content (AvgIpc) is 3.36. The highest BCUT2D eigenvalue weighted by molar-refractivity contribution is 6.38. The molecule has 0 aliphatic carbocycles. The molecule has 1 heterocycles. The molecule has 1 aliphatic rings. The maximum Gasteiger partial charge on any atom is 0.329 e. The van der Waals surface area contributed by atoms with E-state index in [-0.39, 0.29) is 31.3 Å². The van der Waals surface area contributed by atoms with E-state index in [1.807, 2.05) is 20.8 Å². The number of amides is 5. The van der Waals surface area contributed by atoms with Gasteiger partial charge in [0.25, 0.3) is 5.91 Å². The zero-order valence-corrected chi connectivity index (χ0v) is 30.1. The summed E-state index contributed by atoms with van der Waals surface area (Å²) in [6.07, 6.45) is 2.78. The largest absolute Gasteiger partial charge is 0.458 e. The highest BCUT2D eigenvalue weighted by Crippen LogP contribution is 2.33. The van der Waals surface area contributed by atoms with Crippen molar-refractivity contribution in [2.45, 2.75) is 132 Å². The molecule has 1 saturated heterocycles. The lowest BCUT2D eigenvalue weighted by molar-refractivity contribution is -0.160. The fourth-order valence-electron chi connectivity index (χ4n) is 5.43. The Balaban J connectivity index is 3.35. The maximum atomic E-state index is 14.3. The van der Waals surface area contributed by atoms with E-state index in [1.54, 1.807) is 62.3 Å². The third-order valence-electron chi connectivity index (χ3n) is 7.87. The Morgan fingerprint density at radius 2 is 1.43 bits per heavy atom. The monoisotopic (exact) mass is 649 g/mol. The molecular weight excluding hydrogens is 590 g/mol. The molecule has 5 amide bonds. The van der Waals surface area contributed by atoms with Crippen LogP contribution < -0.4 is 21.3 Å². The number of likely N-dealkylation sites (tertiary alicyclic amines) is 1. The maximum absolute atomic E-state index is 14.3. The summed E-state index contributed by atoms with van der Waals surface area (Å²) in [6.45, 7) is 25.7. The summed E-state index contributed by atoms with van der Waals surface area (Å²) in [5.74, 6) is -3.36. The number of hydrogen-bond donors (Lipinski definition) is 4. The third kappa shape index (κ3) is 11.7. The Labute approximate surface area is 275 Å². The molecule has 0 bridgehead atoms. The summed E-state index contributed by atoms with van der Waals surface area (Å²) in [7, 11) is 0. The quantitative estimate of drug-likeness (QED) is 0.135. The van der Waals surface area contributed by atoms with E-state index in [2.05, 4.69) is 27.8 Å². The van der Waals surface area contributed by atoms with E-state index in [0.717, 1.165) is 0 Å². The van der Waals surface area contributed by atoms with Crippen LogP contribution in [0.4, 0.5) is 4.79 Å². The van der Waals surface area contributed by atoms with Gasteiger partial charge in [-0.2, -0.15) is 0 Å². The normalized spacial score (nSPS) is 19.0. The van der Waals surface area contributed by atoms with Gasteiger partial charge in [-0.05, 0) is 56.3 Å². The van der Waals surface area contributed by atoms with Crippen LogP contribution >= 0.6 is 0 Å². The first-order chi connectivity index (χ1) is 21.0. The van der Waals surface area contributed by atoms with Gasteiger partial charge in [0, 0.05) is 13.1 Å². The Morgan fingerprint density at radius 3 is 1.89 bits per heavy atom. The highest BCUT2D eigenvalue weighted by atomic mass is 16.6. The molecule has 1 rings (SSSR count). The van der Waals surface area contributed by atoms with Crippen LogP contribution in [-0.2, 0) is 28.7 Å². The van der Waals surface area contributed by atoms with Gasteiger partial charge in [-0.1, -0.05) is 74.8 Å². The zero-order valence-electron chi connectivity index (χ0n) is 30.1. The Bertz CT molecular complexity index is 1130. The standard InChI is InChI=1S/C34H59N5O7/c1-14-16-22(24(40)28(42)35-18-15-2)36-27(41)23-21(20(3)4)17-19-39(23)29(43)25(32(5,6)7)37-31(45)38-26(33(8,9)10)30(44)46-34(11,12)13/h15,20-23,25-26H,2,14,16-19H2,1,3-13H3,(H,35,42)(H,36,41)(H2,37,38,45)/t21-,22?,23+,25-,26-/m1/s1. The zero-order chi connectivity index (χ0) is 35.8. The number of urea groups is 1. The lowest BCUT2D eigenvalue weighted by atomic mass is 9.84. The first-order valence-electron chi connectivity index (χ1n) is 16.3. The summed E-state index contributed by atoms with van der Waals surface area (Å²) in [4.78, 5) is 81.4. The number of esters is 1. The van der Waals surface area contributed by atoms with Gasteiger partial charge < -0.3 is 30.9 Å². The van der Waals surface area contributed by atoms with Crippen LogP contribution in [0.15, 0.2) is 12.7 Å². The second-order valence-corrected chi connectivity index (χ2v) is 15.6. The van der Waals surface area contributed by atoms with Gasteiger partial charge in [0.05, 0.1) is 6.04 Å². The summed E-state index contributed by atoms with van der Waals surface area (Å²) in [5, 5.41) is 10.7. The molecule has 0 aromatic rings. The van der Waals surface area contributed by atoms with E-state index in [1.165, 1.54) is 11.0 Å². The number of carbonyl (C=O) groups excluding carboxylic acids is 6. The van der Waals surface area contributed by atoms with Crippen molar-refractivity contribution in [1.29, 1.82) is 0 Å². The predicted molar refractivity (Wildman–Crippen MR) is 177 cm³/mol. The van der Waals surface area contributed by atoms with E-state index < -0.39 is 76.1 Å². The second kappa shape index (κ2) is 16.4. The first-order valence-corrected chi connectivity index (χ1v) is 16.3. The van der Waals surface area contributed by atoms with Gasteiger partial charge in [-0.3, -0.25) is 19.2 Å². The van der Waals surface area contributed by atoms with E-state index >= 15 is 0 Å². The number of nitrogens with zero attached hydrogens (tertiary/aromatic N) is 1. The number of Topliss-reactive ketones (excluding diaryl/α,β-unsaturated/α-hetero) is 1. The minimum atomic E-state index is -1.06. The smallest absolute Gasteiger partial charge is 0.329 e. The third-order valence-corrected chi connectivity index (χ3v) is 7.87. The lowest BCUT2D eigenvalue weighted by Gasteiger charge is -2.38. The van der Waals surface area contributed by atoms with Crippen LogP contribution in [0.1, 0.15) is 102 Å². The Morgan fingerprint density at radius 1 is 0.891 bits per heavy atom. The minimum Gasteiger partial charge on any atom is -0.458 e. The number of rotatable bonds is 13. The molecule has 46 heavy (non-hydrogen) atoms. The van der Waals surface area contributed by atoms with Gasteiger partial charge in [0.1, 0.15) is 23.7 Å². The Kier molecular flexibility index (Phi) is 14.5. The van der Waals surface area contributed by atoms with Crippen LogP contribution in [0.3, 0.4) is 0 Å². The average molecular weight is 650 g/mol. The molecule has 12 heteroatoms. The summed E-state index contributed by atoms with van der Waals surface area (Å²) in [6, 6.07) is -4.77. The van der Waals surface area contributed by atoms with Gasteiger partial charge in [0.15, 0.2) is 0 Å². The number of ketones is 1. The van der Waals surface area contributed by atoms with Crippen molar-refractivity contribution < 1.29 is 33.5 Å². The molecule has 5 atom stereocenters. The molecule has 1 unspecified atom stereocenters. The fraction of sp³-hybridized carbons (Fsp3) is 0.765. The molecule has 4 N–H and O–H groups in total. The van der Waals surface area contributed by atoms with Crippen molar-refractivity contribution >= 4 is 35.5 Å². The number of hydrogen-bond acceptors (Lipinski definition) is 7. The molecule has 0 spiro atoms. The van der Waals surface area contributed by atoms with Crippen molar-refractivity contribution in [1.82, 2.24) is 26.2 Å². The van der Waals surface area contributed by atoms with E-state index in [0.29, 0.717) is 12.8 Å². The summed E-state index contributed by atoms with van der Waals surface area (Å²) in [5.41, 5.74) is -2.24. The first kappa shape index (κ1) is 40.6. The lowest BCUT2D eigenvalue weighted by Crippen LogP contribution is -2.62. The van der Waals surface area contributed by atoms with E-state index in [9.17, 15) is 28.8 Å². The van der Waals surface area contributed by atoms with Crippen molar-refractivity contribution in [3.63, 3.8) is 0 Å². The molecule has 0 radical (unpaired) electrons. The molecular formula is C34H59N5O7. The number of nitrogens with one attached hydrogen (secondary N) is 4. The fourth-order valence-corrected chi connectivity index (χ4v) is 5.43. The van der Waals surface area contributed by atoms with Crippen molar-refractivity contribution in [2.75, 3.05) is 13.1 Å². The molecule has 1 aliphatic heterocycles. The predicted octanol–water partition coefficient (Wildman–Crippen LogP) is 3.49. The highest BCUT2D eigenvalue weighted by Gasteiger charge is 2.48. The van der Waals surface area contributed by atoms with Gasteiger partial charge in [0.2, 0.25) is 17.6 Å². The van der Waals surface area contributed by atoms with Gasteiger partial charge in [-0.15, -0.1) is 6.58 Å². The van der Waals surface area contributed by atoms with E-state index in [4.69, 9.17) is 4.74 Å². The van der Waals surface area contributed by atoms with Crippen LogP contribution in [0.2, 0.25) is 0 Å². The Hall–Kier alpha value is -3.44. The molecule has 1 fully saturated rings. The topological polar surface area (TPSA) is 163 Å². The van der Waals surface area contributed by atoms with Crippen LogP contribution in [0, 0.1) is 22.7 Å². The number of ether oxygens (including phenoxy) is 1. The van der Waals surface area contributed by atoms with Crippen LogP contribution in [-0.4, -0.2) is 83.3 Å². The molecule has 0 aromatic carbocycles. The van der Waals surface area contributed by atoms with Gasteiger partial charge >= 0.3 is 12.0 Å². The summed E-state index contributed by atoms with van der Waals surface area (Å²) < 4.78 is 5.55. The molecule has 12 nitrogen and oxygen atoms in total. The number of carbonyl (C=O) groups is 6. The molecule has 0 saturated carbocycles. The van der Waals surface area contributed by atoms with Crippen LogP contribution in [0.5, 0.6) is 0 Å². The van der Waals surface area contributed by atoms with Gasteiger partial charge in [-0.25, -0.2) is 9.59 Å². The molecule has 262 valence electrons.